The van der Waals surface area contributed by atoms with Crippen molar-refractivity contribution in [2.45, 2.75) is 18.6 Å². The van der Waals surface area contributed by atoms with Crippen LogP contribution < -0.4 is 10.1 Å². The lowest BCUT2D eigenvalue weighted by Crippen LogP contribution is -2.42. The lowest BCUT2D eigenvalue weighted by molar-refractivity contribution is -0.139. The predicted molar refractivity (Wildman–Crippen MR) is 87.0 cm³/mol. The van der Waals surface area contributed by atoms with E-state index < -0.39 is 29.7 Å². The standard InChI is InChI=1S/C18H16F3NO4/c1-26-14-7-2-4-11(8-14)9-15(17(24)25)22-16(23)12-5-3-6-13(10-12)18(19,20)21/h2-8,10,15H,9H2,1H3,(H,22,23)(H,24,25)/t15-/m1/s1. The average molecular weight is 367 g/mol. The molecular formula is C18H16F3NO4. The van der Waals surface area contributed by atoms with Crippen molar-refractivity contribution < 1.29 is 32.6 Å². The van der Waals surface area contributed by atoms with Crippen molar-refractivity contribution >= 4 is 11.9 Å². The number of ether oxygens (including phenoxy) is 1. The van der Waals surface area contributed by atoms with E-state index in [-0.39, 0.29) is 12.0 Å². The van der Waals surface area contributed by atoms with Crippen molar-refractivity contribution in [3.63, 3.8) is 0 Å². The van der Waals surface area contributed by atoms with Crippen LogP contribution in [0.2, 0.25) is 0 Å². The fourth-order valence-electron chi connectivity index (χ4n) is 2.31. The number of nitrogens with one attached hydrogen (secondary N) is 1. The van der Waals surface area contributed by atoms with E-state index in [1.807, 2.05) is 0 Å². The van der Waals surface area contributed by atoms with E-state index in [0.29, 0.717) is 17.4 Å². The number of methoxy groups -OCH3 is 1. The van der Waals surface area contributed by atoms with Crippen LogP contribution in [0, 0.1) is 0 Å². The first-order valence-corrected chi connectivity index (χ1v) is 7.54. The Bertz CT molecular complexity index is 805. The molecule has 0 aliphatic rings. The molecule has 0 saturated heterocycles. The molecule has 2 rings (SSSR count). The first kappa shape index (κ1) is 19.3. The summed E-state index contributed by atoms with van der Waals surface area (Å²) in [6.45, 7) is 0. The highest BCUT2D eigenvalue weighted by atomic mass is 19.4. The van der Waals surface area contributed by atoms with Gasteiger partial charge in [-0.15, -0.1) is 0 Å². The number of halogens is 3. The normalized spacial score (nSPS) is 12.3. The lowest BCUT2D eigenvalue weighted by Gasteiger charge is -2.16. The van der Waals surface area contributed by atoms with Crippen LogP contribution in [0.3, 0.4) is 0 Å². The Hall–Kier alpha value is -3.03. The molecule has 2 aromatic rings. The van der Waals surface area contributed by atoms with Gasteiger partial charge in [0, 0.05) is 12.0 Å². The monoisotopic (exact) mass is 367 g/mol. The molecule has 2 aromatic carbocycles. The summed E-state index contributed by atoms with van der Waals surface area (Å²) in [5.74, 6) is -1.67. The molecule has 1 atom stereocenters. The summed E-state index contributed by atoms with van der Waals surface area (Å²) in [6.07, 6.45) is -4.64. The number of benzene rings is 2. The van der Waals surface area contributed by atoms with Crippen LogP contribution in [0.1, 0.15) is 21.5 Å². The minimum absolute atomic E-state index is 0.0444. The van der Waals surface area contributed by atoms with Crippen molar-refractivity contribution in [2.75, 3.05) is 7.11 Å². The fourth-order valence-corrected chi connectivity index (χ4v) is 2.31. The topological polar surface area (TPSA) is 75.6 Å². The van der Waals surface area contributed by atoms with Gasteiger partial charge >= 0.3 is 12.1 Å². The van der Waals surface area contributed by atoms with Crippen molar-refractivity contribution in [3.8, 4) is 5.75 Å². The summed E-state index contributed by atoms with van der Waals surface area (Å²) in [6, 6.07) is 9.12. The van der Waals surface area contributed by atoms with Gasteiger partial charge in [-0.2, -0.15) is 13.2 Å². The SMILES string of the molecule is COc1cccc(C[C@@H](NC(=O)c2cccc(C(F)(F)F)c2)C(=O)O)c1. The Labute approximate surface area is 147 Å². The van der Waals surface area contributed by atoms with Gasteiger partial charge in [0.05, 0.1) is 12.7 Å². The van der Waals surface area contributed by atoms with Crippen LogP contribution in [0.15, 0.2) is 48.5 Å². The quantitative estimate of drug-likeness (QED) is 0.823. The van der Waals surface area contributed by atoms with Gasteiger partial charge in [-0.05, 0) is 35.9 Å². The van der Waals surface area contributed by atoms with Crippen LogP contribution in [-0.2, 0) is 17.4 Å². The number of carboxylic acid groups (broad SMARTS) is 1. The highest BCUT2D eigenvalue weighted by Crippen LogP contribution is 2.29. The van der Waals surface area contributed by atoms with E-state index in [1.165, 1.54) is 13.2 Å². The Balaban J connectivity index is 2.17. The third-order valence-corrected chi connectivity index (χ3v) is 3.63. The number of alkyl halides is 3. The van der Waals surface area contributed by atoms with Crippen molar-refractivity contribution in [1.82, 2.24) is 5.32 Å². The summed E-state index contributed by atoms with van der Waals surface area (Å²) in [7, 11) is 1.46. The van der Waals surface area contributed by atoms with E-state index in [1.54, 1.807) is 24.3 Å². The molecule has 2 N–H and O–H groups in total. The third-order valence-electron chi connectivity index (χ3n) is 3.63. The molecular weight excluding hydrogens is 351 g/mol. The molecule has 8 heteroatoms. The zero-order valence-electron chi connectivity index (χ0n) is 13.7. The van der Waals surface area contributed by atoms with Crippen molar-refractivity contribution in [3.05, 3.63) is 65.2 Å². The molecule has 138 valence electrons. The molecule has 0 aliphatic carbocycles. The second-order valence-electron chi connectivity index (χ2n) is 5.50. The largest absolute Gasteiger partial charge is 0.497 e. The third kappa shape index (κ3) is 4.98. The molecule has 26 heavy (non-hydrogen) atoms. The van der Waals surface area contributed by atoms with Crippen LogP contribution in [-0.4, -0.2) is 30.1 Å². The van der Waals surface area contributed by atoms with Crippen LogP contribution in [0.4, 0.5) is 13.2 Å². The summed E-state index contributed by atoms with van der Waals surface area (Å²) in [4.78, 5) is 23.6. The second-order valence-corrected chi connectivity index (χ2v) is 5.50. The molecule has 0 spiro atoms. The number of carboxylic acids is 1. The Kier molecular flexibility index (Phi) is 5.86. The van der Waals surface area contributed by atoms with Crippen LogP contribution >= 0.6 is 0 Å². The maximum atomic E-state index is 12.7. The van der Waals surface area contributed by atoms with Gasteiger partial charge in [0.25, 0.3) is 5.91 Å². The zero-order chi connectivity index (χ0) is 19.3. The molecule has 5 nitrogen and oxygen atoms in total. The lowest BCUT2D eigenvalue weighted by atomic mass is 10.0. The summed E-state index contributed by atoms with van der Waals surface area (Å²) in [5, 5.41) is 11.6. The maximum Gasteiger partial charge on any atom is 0.416 e. The number of rotatable bonds is 6. The van der Waals surface area contributed by atoms with E-state index in [9.17, 15) is 27.9 Å². The van der Waals surface area contributed by atoms with Gasteiger partial charge in [0.1, 0.15) is 11.8 Å². The number of amides is 1. The van der Waals surface area contributed by atoms with Gasteiger partial charge in [-0.25, -0.2) is 4.79 Å². The number of carbonyl (C=O) groups excluding carboxylic acids is 1. The highest BCUT2D eigenvalue weighted by Gasteiger charge is 2.31. The van der Waals surface area contributed by atoms with Gasteiger partial charge in [-0.3, -0.25) is 4.79 Å². The summed E-state index contributed by atoms with van der Waals surface area (Å²) >= 11 is 0. The minimum Gasteiger partial charge on any atom is -0.497 e. The Morgan fingerprint density at radius 3 is 2.46 bits per heavy atom. The summed E-state index contributed by atoms with van der Waals surface area (Å²) in [5.41, 5.74) is -0.650. The number of aliphatic carboxylic acids is 1. The highest BCUT2D eigenvalue weighted by molar-refractivity contribution is 5.96. The van der Waals surface area contributed by atoms with Crippen molar-refractivity contribution in [2.24, 2.45) is 0 Å². The van der Waals surface area contributed by atoms with E-state index in [4.69, 9.17) is 4.74 Å². The van der Waals surface area contributed by atoms with E-state index in [2.05, 4.69) is 5.32 Å². The zero-order valence-corrected chi connectivity index (χ0v) is 13.7. The first-order chi connectivity index (χ1) is 12.2. The number of carbonyl (C=O) groups is 2. The maximum absolute atomic E-state index is 12.7. The smallest absolute Gasteiger partial charge is 0.416 e. The van der Waals surface area contributed by atoms with E-state index >= 15 is 0 Å². The van der Waals surface area contributed by atoms with Crippen molar-refractivity contribution in [1.29, 1.82) is 0 Å². The van der Waals surface area contributed by atoms with Gasteiger partial charge in [0.2, 0.25) is 0 Å². The van der Waals surface area contributed by atoms with Crippen LogP contribution in [0.5, 0.6) is 5.75 Å². The van der Waals surface area contributed by atoms with Gasteiger partial charge in [0.15, 0.2) is 0 Å². The molecule has 0 fully saturated rings. The molecule has 0 radical (unpaired) electrons. The molecule has 1 amide bonds. The second kappa shape index (κ2) is 7.90. The minimum atomic E-state index is -4.59. The van der Waals surface area contributed by atoms with Crippen LogP contribution in [0.25, 0.3) is 0 Å². The fraction of sp³-hybridized carbons (Fsp3) is 0.222. The molecule has 0 bridgehead atoms. The van der Waals surface area contributed by atoms with Gasteiger partial charge < -0.3 is 15.2 Å². The summed E-state index contributed by atoms with van der Waals surface area (Å²) < 4.78 is 43.3. The van der Waals surface area contributed by atoms with Gasteiger partial charge in [-0.1, -0.05) is 18.2 Å². The number of hydrogen-bond donors (Lipinski definition) is 2. The first-order valence-electron chi connectivity index (χ1n) is 7.54. The molecule has 0 saturated carbocycles. The molecule has 0 heterocycles. The average Bonchev–Trinajstić information content (AvgIpc) is 2.60. The molecule has 0 unspecified atom stereocenters. The Morgan fingerprint density at radius 2 is 1.85 bits per heavy atom. The Morgan fingerprint density at radius 1 is 1.15 bits per heavy atom. The number of hydrogen-bond acceptors (Lipinski definition) is 3. The molecule has 0 aliphatic heterocycles. The van der Waals surface area contributed by atoms with E-state index in [0.717, 1.165) is 12.1 Å². The molecule has 0 aromatic heterocycles. The predicted octanol–water partition coefficient (Wildman–Crippen LogP) is 3.14.